The molecule has 0 aliphatic heterocycles. The molecule has 6 N–H and O–H groups in total. The minimum atomic E-state index is -1.16. The van der Waals surface area contributed by atoms with Crippen molar-refractivity contribution >= 4 is 58.3 Å². The van der Waals surface area contributed by atoms with Gasteiger partial charge in [0.15, 0.2) is 0 Å². The van der Waals surface area contributed by atoms with E-state index in [1.807, 2.05) is 12.1 Å². The summed E-state index contributed by atoms with van der Waals surface area (Å²) in [5, 5.41) is 28.5. The average Bonchev–Trinajstić information content (AvgIpc) is 2.93. The monoisotopic (exact) mass is 708 g/mol. The maximum absolute atomic E-state index is 12.2. The highest BCUT2D eigenvalue weighted by atomic mass is 131. The number of rotatable bonds is 21. The molecule has 13 nitrogen and oxygen atoms in total. The van der Waals surface area contributed by atoms with E-state index >= 15 is 0 Å². The van der Waals surface area contributed by atoms with Crippen LogP contribution >= 0.6 is 22.6 Å². The number of carbonyl (C=O) groups excluding carboxylic acids is 4. The third-order valence-corrected chi connectivity index (χ3v) is 6.78. The van der Waals surface area contributed by atoms with E-state index < -0.39 is 30.0 Å². The zero-order chi connectivity index (χ0) is 31.3. The molecule has 42 heavy (non-hydrogen) atoms. The van der Waals surface area contributed by atoms with Crippen molar-refractivity contribution in [2.24, 2.45) is 0 Å². The predicted molar refractivity (Wildman–Crippen MR) is 162 cm³/mol. The van der Waals surface area contributed by atoms with Crippen molar-refractivity contribution in [1.82, 2.24) is 21.3 Å². The van der Waals surface area contributed by atoms with Gasteiger partial charge in [-0.3, -0.25) is 19.2 Å². The molecule has 0 saturated heterocycles. The zero-order valence-corrected chi connectivity index (χ0v) is 25.9. The number of nitrogens with one attached hydrogen (secondary N) is 4. The molecule has 0 aliphatic rings. The highest BCUT2D eigenvalue weighted by molar-refractivity contribution is 14.1. The summed E-state index contributed by atoms with van der Waals surface area (Å²) < 4.78 is 6.06. The summed E-state index contributed by atoms with van der Waals surface area (Å²) in [6.07, 6.45) is 2.59. The van der Waals surface area contributed by atoms with Crippen molar-refractivity contribution in [2.45, 2.75) is 83.2 Å². The molecule has 2 atom stereocenters. The molecule has 0 aliphatic carbocycles. The molecule has 234 valence electrons. The van der Waals surface area contributed by atoms with Crippen molar-refractivity contribution in [3.63, 3.8) is 0 Å². The number of halogens is 1. The molecule has 0 heterocycles. The van der Waals surface area contributed by atoms with Crippen LogP contribution in [-0.2, 0) is 23.9 Å². The van der Waals surface area contributed by atoms with Gasteiger partial charge in [-0.2, -0.15) is 0 Å². The number of unbranched alkanes of at least 4 members (excludes halogenated alkanes) is 3. The molecule has 1 aromatic carbocycles. The molecule has 0 saturated carbocycles. The Morgan fingerprint density at radius 1 is 0.786 bits per heavy atom. The molecular formula is C28H41IN4O9. The molecule has 0 bridgehead atoms. The molecule has 14 heteroatoms. The topological polar surface area (TPSA) is 200 Å². The van der Waals surface area contributed by atoms with Gasteiger partial charge in [-0.15, -0.1) is 0 Å². The summed E-state index contributed by atoms with van der Waals surface area (Å²) in [7, 11) is 0. The zero-order valence-electron chi connectivity index (χ0n) is 23.8. The van der Waals surface area contributed by atoms with E-state index in [2.05, 4.69) is 43.9 Å². The van der Waals surface area contributed by atoms with Crippen molar-refractivity contribution in [3.8, 4) is 0 Å². The molecule has 1 unspecified atom stereocenters. The summed E-state index contributed by atoms with van der Waals surface area (Å²) >= 11 is 2.15. The average molecular weight is 709 g/mol. The molecule has 0 fully saturated rings. The first-order valence-corrected chi connectivity index (χ1v) is 15.0. The van der Waals surface area contributed by atoms with Crippen LogP contribution in [0.4, 0.5) is 4.79 Å². The number of aliphatic carboxylic acids is 2. The van der Waals surface area contributed by atoms with E-state index in [1.54, 1.807) is 19.1 Å². The fourth-order valence-electron chi connectivity index (χ4n) is 3.67. The van der Waals surface area contributed by atoms with Crippen LogP contribution in [0.1, 0.15) is 81.5 Å². The maximum atomic E-state index is 12.2. The molecule has 4 amide bonds. The predicted octanol–water partition coefficient (Wildman–Crippen LogP) is 2.81. The highest BCUT2D eigenvalue weighted by Gasteiger charge is 2.20. The Labute approximate surface area is 259 Å². The largest absolute Gasteiger partial charge is 0.481 e. The van der Waals surface area contributed by atoms with Crippen LogP contribution in [0.15, 0.2) is 24.3 Å². The number of carboxylic acid groups (broad SMARTS) is 2. The van der Waals surface area contributed by atoms with Gasteiger partial charge in [-0.25, -0.2) is 9.59 Å². The highest BCUT2D eigenvalue weighted by Crippen LogP contribution is 2.07. The summed E-state index contributed by atoms with van der Waals surface area (Å²) in [4.78, 5) is 70.0. The normalized spacial score (nSPS) is 12.0. The quantitative estimate of drug-likeness (QED) is 0.0821. The van der Waals surface area contributed by atoms with E-state index in [-0.39, 0.29) is 50.1 Å². The number of carboxylic acids is 2. The SMILES string of the molecule is C[C@H](CCC(=O)O)NC(=O)OCCCCCNC(=O)CCC(=O)NC(CCCCNC(=O)c1ccc([131I])cc1)C(=O)O. The Hall–Kier alpha value is -3.43. The van der Waals surface area contributed by atoms with Crippen molar-refractivity contribution in [2.75, 3.05) is 19.7 Å². The number of hydrogen-bond acceptors (Lipinski definition) is 7. The van der Waals surface area contributed by atoms with Gasteiger partial charge in [0, 0.05) is 47.5 Å². The molecule has 0 radical (unpaired) electrons. The Morgan fingerprint density at radius 3 is 2.10 bits per heavy atom. The lowest BCUT2D eigenvalue weighted by Gasteiger charge is -2.14. The number of carbonyl (C=O) groups is 6. The van der Waals surface area contributed by atoms with E-state index in [4.69, 9.17) is 9.84 Å². The molecule has 1 aromatic rings. The second-order valence-electron chi connectivity index (χ2n) is 9.74. The lowest BCUT2D eigenvalue weighted by Crippen LogP contribution is -2.41. The summed E-state index contributed by atoms with van der Waals surface area (Å²) in [5.41, 5.74) is 0.546. The van der Waals surface area contributed by atoms with E-state index in [9.17, 15) is 33.9 Å². The third kappa shape index (κ3) is 18.1. The number of alkyl carbamates (subject to hydrolysis) is 1. The fraction of sp³-hybridized carbons (Fsp3) is 0.571. The third-order valence-electron chi connectivity index (χ3n) is 6.06. The minimum absolute atomic E-state index is 0.0421. The minimum Gasteiger partial charge on any atom is -0.481 e. The van der Waals surface area contributed by atoms with Gasteiger partial charge in [0.05, 0.1) is 6.61 Å². The van der Waals surface area contributed by atoms with Crippen LogP contribution in [0.3, 0.4) is 0 Å². The molecule has 1 rings (SSSR count). The van der Waals surface area contributed by atoms with Gasteiger partial charge in [0.25, 0.3) is 5.91 Å². The summed E-state index contributed by atoms with van der Waals surface area (Å²) in [5.74, 6) is -3.15. The number of amides is 4. The fourth-order valence-corrected chi connectivity index (χ4v) is 4.03. The first kappa shape index (κ1) is 36.6. The van der Waals surface area contributed by atoms with Crippen LogP contribution in [-0.4, -0.2) is 77.7 Å². The van der Waals surface area contributed by atoms with Crippen LogP contribution in [0.2, 0.25) is 0 Å². The first-order valence-electron chi connectivity index (χ1n) is 14.0. The van der Waals surface area contributed by atoms with Gasteiger partial charge in [0.2, 0.25) is 11.8 Å². The number of benzene rings is 1. The van der Waals surface area contributed by atoms with Gasteiger partial charge in [-0.1, -0.05) is 0 Å². The summed E-state index contributed by atoms with van der Waals surface area (Å²) in [6.45, 7) is 2.65. The van der Waals surface area contributed by atoms with Gasteiger partial charge in [-0.05, 0) is 98.7 Å². The first-order chi connectivity index (χ1) is 20.0. The Morgan fingerprint density at radius 2 is 1.43 bits per heavy atom. The summed E-state index contributed by atoms with van der Waals surface area (Å²) in [6, 6.07) is 5.74. The van der Waals surface area contributed by atoms with Crippen LogP contribution in [0.25, 0.3) is 0 Å². The van der Waals surface area contributed by atoms with E-state index in [0.717, 1.165) is 3.57 Å². The van der Waals surface area contributed by atoms with Gasteiger partial charge in [0.1, 0.15) is 6.04 Å². The lowest BCUT2D eigenvalue weighted by molar-refractivity contribution is -0.142. The van der Waals surface area contributed by atoms with E-state index in [0.29, 0.717) is 57.2 Å². The number of hydrogen-bond donors (Lipinski definition) is 6. The maximum Gasteiger partial charge on any atom is 0.407 e. The van der Waals surface area contributed by atoms with E-state index in [1.165, 1.54) is 0 Å². The standard InChI is InChI=1S/C28H41IN4O9/c1-19(8-15-25(36)37)32-28(41)42-18-6-2-4-16-30-23(34)13-14-24(35)33-22(27(39)40)7-3-5-17-31-26(38)20-9-11-21(29)12-10-20/h9-12,19,22H,2-8,13-18H2,1H3,(H,30,34)(H,31,38)(H,32,41)(H,33,35)(H,36,37)(H,39,40)/t19-,22?/m1/s1/i29+4. The van der Waals surface area contributed by atoms with Gasteiger partial charge >= 0.3 is 18.0 Å². The Balaban J connectivity index is 2.11. The molecule has 0 spiro atoms. The van der Waals surface area contributed by atoms with Crippen molar-refractivity contribution in [1.29, 1.82) is 0 Å². The van der Waals surface area contributed by atoms with Gasteiger partial charge < -0.3 is 36.2 Å². The second-order valence-corrected chi connectivity index (χ2v) is 11.0. The van der Waals surface area contributed by atoms with Crippen LogP contribution in [0.5, 0.6) is 0 Å². The lowest BCUT2D eigenvalue weighted by atomic mass is 10.1. The second kappa shape index (κ2) is 21.3. The smallest absolute Gasteiger partial charge is 0.407 e. The molecular weight excluding hydrogens is 667 g/mol. The van der Waals surface area contributed by atoms with Crippen LogP contribution < -0.4 is 21.3 Å². The van der Waals surface area contributed by atoms with Crippen molar-refractivity contribution in [3.05, 3.63) is 33.4 Å². The van der Waals surface area contributed by atoms with Crippen LogP contribution in [0, 0.1) is 3.57 Å². The Kier molecular flexibility index (Phi) is 18.6. The molecule has 0 aromatic heterocycles. The van der Waals surface area contributed by atoms with Crippen molar-refractivity contribution < 1.29 is 43.7 Å². The number of ether oxygens (including phenoxy) is 1. The Bertz CT molecular complexity index is 1040.